The molecule has 2 aromatic carbocycles. The van der Waals surface area contributed by atoms with Crippen molar-refractivity contribution in [2.45, 2.75) is 58.0 Å². The van der Waals surface area contributed by atoms with E-state index in [9.17, 15) is 8.42 Å². The van der Waals surface area contributed by atoms with E-state index in [2.05, 4.69) is 10.0 Å². The zero-order valence-corrected chi connectivity index (χ0v) is 19.8. The number of thiocarbonyl (C=S) groups is 1. The number of hydrogen-bond acceptors (Lipinski definition) is 5. The summed E-state index contributed by atoms with van der Waals surface area (Å²) in [6.45, 7) is 9.64. The molecule has 0 fully saturated rings. The lowest BCUT2D eigenvalue weighted by Crippen LogP contribution is -2.36. The molecule has 2 N–H and O–H groups in total. The van der Waals surface area contributed by atoms with E-state index in [0.717, 1.165) is 29.7 Å². The van der Waals surface area contributed by atoms with Crippen molar-refractivity contribution in [3.05, 3.63) is 46.5 Å². The second-order valence-corrected chi connectivity index (χ2v) is 10.2. The van der Waals surface area contributed by atoms with Gasteiger partial charge in [0.15, 0.2) is 5.11 Å². The number of nitrogens with one attached hydrogen (secondary N) is 2. The van der Waals surface area contributed by atoms with Crippen molar-refractivity contribution in [3.8, 4) is 11.5 Å². The van der Waals surface area contributed by atoms with Gasteiger partial charge in [0.25, 0.3) is 10.0 Å². The molecule has 0 saturated heterocycles. The predicted octanol–water partition coefficient (Wildman–Crippen LogP) is 4.40. The van der Waals surface area contributed by atoms with Crippen LogP contribution in [-0.4, -0.2) is 26.2 Å². The molecule has 162 valence electrons. The maximum Gasteiger partial charge on any atom is 0.264 e. The van der Waals surface area contributed by atoms with Gasteiger partial charge in [0.2, 0.25) is 0 Å². The molecule has 2 aromatic rings. The molecule has 1 heterocycles. The monoisotopic (exact) mass is 448 g/mol. The molecule has 30 heavy (non-hydrogen) atoms. The molecule has 0 aromatic heterocycles. The third kappa shape index (κ3) is 4.25. The highest BCUT2D eigenvalue weighted by atomic mass is 32.2. The fourth-order valence-electron chi connectivity index (χ4n) is 3.82. The van der Waals surface area contributed by atoms with E-state index < -0.39 is 10.0 Å². The maximum absolute atomic E-state index is 13.3. The second-order valence-electron chi connectivity index (χ2n) is 8.13. The SMILES string of the molecule is COc1ccccc1NC(=S)NS(=O)(=O)c1c(C)c(C)c2c(c1C)CCC(C)(C)O2. The van der Waals surface area contributed by atoms with Gasteiger partial charge < -0.3 is 14.8 Å². The van der Waals surface area contributed by atoms with Crippen LogP contribution < -0.4 is 19.5 Å². The van der Waals surface area contributed by atoms with Gasteiger partial charge in [-0.3, -0.25) is 4.72 Å². The van der Waals surface area contributed by atoms with E-state index in [-0.39, 0.29) is 15.6 Å². The average Bonchev–Trinajstić information content (AvgIpc) is 2.65. The van der Waals surface area contributed by atoms with Crippen molar-refractivity contribution < 1.29 is 17.9 Å². The number of sulfonamides is 1. The summed E-state index contributed by atoms with van der Waals surface area (Å²) >= 11 is 5.28. The third-order valence-corrected chi connectivity index (χ3v) is 7.47. The number of methoxy groups -OCH3 is 1. The molecule has 0 spiro atoms. The standard InChI is InChI=1S/C22H28N2O4S2/c1-13-14(2)20(15(3)16-11-12-22(4,5)28-19(13)16)30(25,26)24-21(29)23-17-9-7-8-10-18(17)27-6/h7-10H,11-12H2,1-6H3,(H2,23,24,29). The van der Waals surface area contributed by atoms with Gasteiger partial charge in [0.05, 0.1) is 17.7 Å². The quantitative estimate of drug-likeness (QED) is 0.675. The highest BCUT2D eigenvalue weighted by Crippen LogP contribution is 2.42. The molecule has 0 bridgehead atoms. The Morgan fingerprint density at radius 3 is 2.47 bits per heavy atom. The minimum atomic E-state index is -3.90. The largest absolute Gasteiger partial charge is 0.495 e. The van der Waals surface area contributed by atoms with Crippen LogP contribution in [0.4, 0.5) is 5.69 Å². The lowest BCUT2D eigenvalue weighted by Gasteiger charge is -2.35. The van der Waals surface area contributed by atoms with Crippen molar-refractivity contribution in [2.75, 3.05) is 12.4 Å². The minimum Gasteiger partial charge on any atom is -0.495 e. The van der Waals surface area contributed by atoms with Crippen LogP contribution in [0, 0.1) is 20.8 Å². The zero-order valence-electron chi connectivity index (χ0n) is 18.2. The summed E-state index contributed by atoms with van der Waals surface area (Å²) in [6, 6.07) is 7.16. The van der Waals surface area contributed by atoms with Crippen LogP contribution in [0.1, 0.15) is 42.5 Å². The fourth-order valence-corrected chi connectivity index (χ4v) is 5.74. The third-order valence-electron chi connectivity index (χ3n) is 5.52. The summed E-state index contributed by atoms with van der Waals surface area (Å²) in [7, 11) is -2.35. The topological polar surface area (TPSA) is 76.7 Å². The van der Waals surface area contributed by atoms with E-state index in [1.54, 1.807) is 26.2 Å². The highest BCUT2D eigenvalue weighted by molar-refractivity contribution is 7.92. The van der Waals surface area contributed by atoms with Gasteiger partial charge in [-0.1, -0.05) is 12.1 Å². The molecule has 1 aliphatic rings. The number of anilines is 1. The Labute approximate surface area is 184 Å². The Kier molecular flexibility index (Phi) is 6.02. The maximum atomic E-state index is 13.3. The Hall–Kier alpha value is -2.32. The Balaban J connectivity index is 1.95. The van der Waals surface area contributed by atoms with Gasteiger partial charge in [-0.05, 0) is 94.1 Å². The Bertz CT molecular complexity index is 1110. The first-order valence-electron chi connectivity index (χ1n) is 9.75. The van der Waals surface area contributed by atoms with Crippen LogP contribution in [0.3, 0.4) is 0 Å². The van der Waals surface area contributed by atoms with Crippen molar-refractivity contribution in [1.82, 2.24) is 4.72 Å². The first-order valence-corrected chi connectivity index (χ1v) is 11.6. The summed E-state index contributed by atoms with van der Waals surface area (Å²) in [6.07, 6.45) is 1.59. The van der Waals surface area contributed by atoms with Crippen LogP contribution in [0.15, 0.2) is 29.2 Å². The molecule has 0 radical (unpaired) electrons. The summed E-state index contributed by atoms with van der Waals surface area (Å²) in [5.41, 5.74) is 3.47. The zero-order chi connectivity index (χ0) is 22.3. The van der Waals surface area contributed by atoms with Crippen molar-refractivity contribution >= 4 is 33.0 Å². The van der Waals surface area contributed by atoms with Crippen LogP contribution in [-0.2, 0) is 16.4 Å². The van der Waals surface area contributed by atoms with E-state index in [1.807, 2.05) is 39.8 Å². The van der Waals surface area contributed by atoms with Crippen molar-refractivity contribution in [2.24, 2.45) is 0 Å². The van der Waals surface area contributed by atoms with Gasteiger partial charge in [-0.15, -0.1) is 0 Å². The number of fused-ring (bicyclic) bond motifs is 1. The van der Waals surface area contributed by atoms with Gasteiger partial charge in [-0.2, -0.15) is 0 Å². The van der Waals surface area contributed by atoms with Crippen LogP contribution in [0.25, 0.3) is 0 Å². The number of hydrogen-bond donors (Lipinski definition) is 2. The lowest BCUT2D eigenvalue weighted by molar-refractivity contribution is 0.0832. The highest BCUT2D eigenvalue weighted by Gasteiger charge is 2.33. The summed E-state index contributed by atoms with van der Waals surface area (Å²) in [4.78, 5) is 0.256. The summed E-state index contributed by atoms with van der Waals surface area (Å²) in [5.74, 6) is 1.37. The van der Waals surface area contributed by atoms with E-state index in [0.29, 0.717) is 22.6 Å². The Morgan fingerprint density at radius 2 is 1.80 bits per heavy atom. The number of para-hydroxylation sites is 2. The van der Waals surface area contributed by atoms with Crippen molar-refractivity contribution in [1.29, 1.82) is 0 Å². The second kappa shape index (κ2) is 8.07. The van der Waals surface area contributed by atoms with E-state index in [4.69, 9.17) is 21.7 Å². The van der Waals surface area contributed by atoms with Crippen LogP contribution >= 0.6 is 12.2 Å². The van der Waals surface area contributed by atoms with Crippen LogP contribution in [0.2, 0.25) is 0 Å². The number of ether oxygens (including phenoxy) is 2. The normalized spacial score (nSPS) is 15.0. The van der Waals surface area contributed by atoms with Gasteiger partial charge >= 0.3 is 0 Å². The molecule has 8 heteroatoms. The molecule has 0 amide bonds. The smallest absolute Gasteiger partial charge is 0.264 e. The Morgan fingerprint density at radius 1 is 1.13 bits per heavy atom. The molecular formula is C22H28N2O4S2. The first-order chi connectivity index (χ1) is 14.0. The molecular weight excluding hydrogens is 420 g/mol. The summed E-state index contributed by atoms with van der Waals surface area (Å²) < 4.78 is 40.5. The van der Waals surface area contributed by atoms with Crippen LogP contribution in [0.5, 0.6) is 11.5 Å². The molecule has 1 aliphatic heterocycles. The molecule has 0 unspecified atom stereocenters. The van der Waals surface area contributed by atoms with Gasteiger partial charge in [-0.25, -0.2) is 8.42 Å². The average molecular weight is 449 g/mol. The predicted molar refractivity (Wildman–Crippen MR) is 123 cm³/mol. The molecule has 0 aliphatic carbocycles. The fraction of sp³-hybridized carbons (Fsp3) is 0.409. The van der Waals surface area contributed by atoms with E-state index >= 15 is 0 Å². The van der Waals surface area contributed by atoms with Gasteiger partial charge in [0.1, 0.15) is 17.1 Å². The molecule has 3 rings (SSSR count). The van der Waals surface area contributed by atoms with Gasteiger partial charge in [0, 0.05) is 0 Å². The molecule has 6 nitrogen and oxygen atoms in total. The molecule has 0 atom stereocenters. The lowest BCUT2D eigenvalue weighted by atomic mass is 9.88. The van der Waals surface area contributed by atoms with E-state index in [1.165, 1.54) is 0 Å². The molecule has 0 saturated carbocycles. The summed E-state index contributed by atoms with van der Waals surface area (Å²) in [5, 5.41) is 2.88. The number of rotatable bonds is 4. The first kappa shape index (κ1) is 22.4. The minimum absolute atomic E-state index is 0.0222. The van der Waals surface area contributed by atoms with Crippen molar-refractivity contribution in [3.63, 3.8) is 0 Å². The number of benzene rings is 2.